The number of rotatable bonds is 6. The van der Waals surface area contributed by atoms with E-state index in [2.05, 4.69) is 4.72 Å². The number of hydrogen-bond acceptors (Lipinski definition) is 4. The largest absolute Gasteiger partial charge is 0.497 e. The van der Waals surface area contributed by atoms with E-state index >= 15 is 0 Å². The van der Waals surface area contributed by atoms with Gasteiger partial charge in [0.05, 0.1) is 18.0 Å². The number of Topliss-reactive ketones (excluding diaryl/α,β-unsaturated/α-hetero) is 1. The van der Waals surface area contributed by atoms with E-state index in [1.165, 1.54) is 0 Å². The predicted molar refractivity (Wildman–Crippen MR) is 109 cm³/mol. The molecule has 6 heteroatoms. The van der Waals surface area contributed by atoms with Crippen LogP contribution in [0.4, 0.5) is 0 Å². The summed E-state index contributed by atoms with van der Waals surface area (Å²) in [5.41, 5.74) is 1.75. The Kier molecular flexibility index (Phi) is 6.20. The Hall–Kier alpha value is -2.18. The Balaban J connectivity index is 1.99. The molecule has 1 N–H and O–H groups in total. The molecular formula is C22H27NO4S. The first kappa shape index (κ1) is 20.6. The van der Waals surface area contributed by atoms with Crippen LogP contribution in [-0.2, 0) is 14.8 Å². The van der Waals surface area contributed by atoms with Gasteiger partial charge >= 0.3 is 0 Å². The van der Waals surface area contributed by atoms with E-state index in [0.29, 0.717) is 12.2 Å². The fourth-order valence-electron chi connectivity index (χ4n) is 3.89. The Labute approximate surface area is 167 Å². The molecule has 1 aliphatic rings. The van der Waals surface area contributed by atoms with Gasteiger partial charge < -0.3 is 4.74 Å². The van der Waals surface area contributed by atoms with Gasteiger partial charge in [-0.1, -0.05) is 36.8 Å². The van der Waals surface area contributed by atoms with Crippen LogP contribution in [0, 0.1) is 18.8 Å². The molecule has 0 amide bonds. The fourth-order valence-corrected chi connectivity index (χ4v) is 5.14. The molecular weight excluding hydrogens is 374 g/mol. The molecule has 2 aromatic rings. The summed E-state index contributed by atoms with van der Waals surface area (Å²) in [5.74, 6) is 0.523. The second-order valence-corrected chi connectivity index (χ2v) is 9.26. The van der Waals surface area contributed by atoms with Crippen molar-refractivity contribution >= 4 is 15.8 Å². The van der Waals surface area contributed by atoms with Gasteiger partial charge in [0.2, 0.25) is 10.0 Å². The summed E-state index contributed by atoms with van der Waals surface area (Å²) in [6, 6.07) is 13.4. The van der Waals surface area contributed by atoms with Crippen LogP contribution in [0.15, 0.2) is 53.4 Å². The van der Waals surface area contributed by atoms with E-state index in [1.807, 2.05) is 26.0 Å². The Morgan fingerprint density at radius 3 is 2.29 bits per heavy atom. The predicted octanol–water partition coefficient (Wildman–Crippen LogP) is 4.03. The van der Waals surface area contributed by atoms with Crippen molar-refractivity contribution in [1.82, 2.24) is 4.72 Å². The summed E-state index contributed by atoms with van der Waals surface area (Å²) in [6.07, 6.45) is 2.26. The second-order valence-electron chi connectivity index (χ2n) is 7.55. The summed E-state index contributed by atoms with van der Waals surface area (Å²) >= 11 is 0. The third-order valence-corrected chi connectivity index (χ3v) is 6.97. The molecule has 0 radical (unpaired) electrons. The van der Waals surface area contributed by atoms with Gasteiger partial charge in [-0.05, 0) is 55.5 Å². The normalized spacial score (nSPS) is 21.3. The minimum Gasteiger partial charge on any atom is -0.497 e. The van der Waals surface area contributed by atoms with Crippen LogP contribution >= 0.6 is 0 Å². The van der Waals surface area contributed by atoms with E-state index in [4.69, 9.17) is 4.74 Å². The van der Waals surface area contributed by atoms with Crippen molar-refractivity contribution in [2.75, 3.05) is 7.11 Å². The average Bonchev–Trinajstić information content (AvgIpc) is 2.67. The quantitative estimate of drug-likeness (QED) is 0.793. The zero-order chi connectivity index (χ0) is 20.3. The monoisotopic (exact) mass is 401 g/mol. The van der Waals surface area contributed by atoms with E-state index in [0.717, 1.165) is 24.0 Å². The third kappa shape index (κ3) is 4.45. The van der Waals surface area contributed by atoms with Gasteiger partial charge in [0.15, 0.2) is 0 Å². The molecule has 0 aromatic heterocycles. The number of ether oxygens (including phenoxy) is 1. The molecule has 28 heavy (non-hydrogen) atoms. The third-order valence-electron chi connectivity index (χ3n) is 5.51. The number of benzene rings is 2. The molecule has 0 aliphatic heterocycles. The Bertz CT molecular complexity index is 920. The van der Waals surface area contributed by atoms with Crippen molar-refractivity contribution in [2.45, 2.75) is 44.0 Å². The zero-order valence-electron chi connectivity index (χ0n) is 16.5. The summed E-state index contributed by atoms with van der Waals surface area (Å²) < 4.78 is 34.2. The van der Waals surface area contributed by atoms with E-state index in [1.54, 1.807) is 43.5 Å². The minimum atomic E-state index is -3.77. The highest BCUT2D eigenvalue weighted by atomic mass is 32.2. The van der Waals surface area contributed by atoms with Crippen LogP contribution in [0.3, 0.4) is 0 Å². The summed E-state index contributed by atoms with van der Waals surface area (Å²) in [7, 11) is -2.19. The van der Waals surface area contributed by atoms with Crippen LogP contribution in [0.5, 0.6) is 5.75 Å². The molecule has 150 valence electrons. The maximum atomic E-state index is 13.1. The van der Waals surface area contributed by atoms with Gasteiger partial charge in [0, 0.05) is 12.3 Å². The van der Waals surface area contributed by atoms with Gasteiger partial charge in [-0.3, -0.25) is 4.79 Å². The molecule has 1 saturated carbocycles. The Morgan fingerprint density at radius 1 is 1.07 bits per heavy atom. The molecule has 0 spiro atoms. The number of nitrogens with one attached hydrogen (secondary N) is 1. The van der Waals surface area contributed by atoms with Gasteiger partial charge in [-0.15, -0.1) is 0 Å². The lowest BCUT2D eigenvalue weighted by Gasteiger charge is -2.34. The summed E-state index contributed by atoms with van der Waals surface area (Å²) in [4.78, 5) is 13.0. The van der Waals surface area contributed by atoms with Crippen molar-refractivity contribution in [2.24, 2.45) is 11.8 Å². The van der Waals surface area contributed by atoms with Crippen molar-refractivity contribution in [1.29, 1.82) is 0 Å². The first-order valence-corrected chi connectivity index (χ1v) is 11.1. The first-order valence-electron chi connectivity index (χ1n) is 9.57. The van der Waals surface area contributed by atoms with Crippen LogP contribution in [-0.4, -0.2) is 21.3 Å². The number of hydrogen-bond donors (Lipinski definition) is 1. The number of carbonyl (C=O) groups is 1. The van der Waals surface area contributed by atoms with Crippen LogP contribution < -0.4 is 9.46 Å². The van der Waals surface area contributed by atoms with Gasteiger partial charge in [0.1, 0.15) is 11.5 Å². The van der Waals surface area contributed by atoms with E-state index in [-0.39, 0.29) is 22.5 Å². The van der Waals surface area contributed by atoms with Crippen molar-refractivity contribution in [3.05, 3.63) is 59.7 Å². The molecule has 3 rings (SSSR count). The molecule has 0 bridgehead atoms. The highest BCUT2D eigenvalue weighted by molar-refractivity contribution is 7.89. The number of sulfonamides is 1. The standard InChI is InChI=1S/C22H27NO4S/c1-15-7-13-19(14-8-15)28(25,26)23-22(17-9-11-18(27-3)12-10-17)21-16(2)5-4-6-20(21)24/h7-14,16,21-23H,4-6H2,1-3H3/t16-,21+,22+/m1/s1. The van der Waals surface area contributed by atoms with Crippen LogP contribution in [0.1, 0.15) is 43.4 Å². The van der Waals surface area contributed by atoms with Gasteiger partial charge in [-0.25, -0.2) is 13.1 Å². The number of carbonyl (C=O) groups excluding carboxylic acids is 1. The fraction of sp³-hybridized carbons (Fsp3) is 0.409. The van der Waals surface area contributed by atoms with Gasteiger partial charge in [-0.2, -0.15) is 0 Å². The second kappa shape index (κ2) is 8.45. The van der Waals surface area contributed by atoms with E-state index < -0.39 is 16.1 Å². The number of ketones is 1. The SMILES string of the molecule is COc1ccc([C@H](NS(=O)(=O)c2ccc(C)cc2)[C@@H]2C(=O)CCC[C@H]2C)cc1. The van der Waals surface area contributed by atoms with Crippen molar-refractivity contribution in [3.63, 3.8) is 0 Å². The minimum absolute atomic E-state index is 0.106. The topological polar surface area (TPSA) is 72.5 Å². The molecule has 3 atom stereocenters. The lowest BCUT2D eigenvalue weighted by atomic mass is 9.74. The summed E-state index contributed by atoms with van der Waals surface area (Å²) in [6.45, 7) is 3.94. The molecule has 0 unspecified atom stereocenters. The lowest BCUT2D eigenvalue weighted by Crippen LogP contribution is -2.41. The molecule has 1 fully saturated rings. The Morgan fingerprint density at radius 2 is 1.71 bits per heavy atom. The first-order chi connectivity index (χ1) is 13.3. The number of methoxy groups -OCH3 is 1. The van der Waals surface area contributed by atoms with Crippen LogP contribution in [0.2, 0.25) is 0 Å². The van der Waals surface area contributed by atoms with E-state index in [9.17, 15) is 13.2 Å². The smallest absolute Gasteiger partial charge is 0.241 e. The average molecular weight is 402 g/mol. The molecule has 5 nitrogen and oxygen atoms in total. The van der Waals surface area contributed by atoms with Crippen LogP contribution in [0.25, 0.3) is 0 Å². The number of aryl methyl sites for hydroxylation is 1. The molecule has 0 saturated heterocycles. The summed E-state index contributed by atoms with van der Waals surface area (Å²) in [5, 5.41) is 0. The highest BCUT2D eigenvalue weighted by Crippen LogP contribution is 2.37. The molecule has 1 aliphatic carbocycles. The zero-order valence-corrected chi connectivity index (χ0v) is 17.3. The lowest BCUT2D eigenvalue weighted by molar-refractivity contribution is -0.127. The van der Waals surface area contributed by atoms with Crippen molar-refractivity contribution < 1.29 is 17.9 Å². The maximum Gasteiger partial charge on any atom is 0.241 e. The highest BCUT2D eigenvalue weighted by Gasteiger charge is 2.38. The molecule has 0 heterocycles. The molecule has 2 aromatic carbocycles. The van der Waals surface area contributed by atoms with Crippen molar-refractivity contribution in [3.8, 4) is 5.75 Å². The van der Waals surface area contributed by atoms with Gasteiger partial charge in [0.25, 0.3) is 0 Å². The maximum absolute atomic E-state index is 13.1.